The highest BCUT2D eigenvalue weighted by molar-refractivity contribution is 5.07. The number of hydrogen-bond donors (Lipinski definition) is 0. The van der Waals surface area contributed by atoms with Gasteiger partial charge in [-0.3, -0.25) is 4.79 Å². The van der Waals surface area contributed by atoms with E-state index in [4.69, 9.17) is 9.47 Å². The van der Waals surface area contributed by atoms with E-state index in [2.05, 4.69) is 0 Å². The predicted octanol–water partition coefficient (Wildman–Crippen LogP) is 1.70. The third kappa shape index (κ3) is 3.41. The van der Waals surface area contributed by atoms with Gasteiger partial charge in [-0.05, 0) is 32.3 Å². The molecule has 1 aromatic heterocycles. The highest BCUT2D eigenvalue weighted by Gasteiger charge is 2.13. The fourth-order valence-corrected chi connectivity index (χ4v) is 1.96. The zero-order valence-corrected chi connectivity index (χ0v) is 10.2. The monoisotopic (exact) mass is 237 g/mol. The first-order chi connectivity index (χ1) is 8.27. The lowest BCUT2D eigenvalue weighted by molar-refractivity contribution is -0.163. The molecule has 0 saturated carbocycles. The fourth-order valence-electron chi connectivity index (χ4n) is 1.96. The van der Waals surface area contributed by atoms with Crippen molar-refractivity contribution in [2.75, 3.05) is 13.2 Å². The van der Waals surface area contributed by atoms with Crippen LogP contribution in [0.3, 0.4) is 0 Å². The maximum atomic E-state index is 11.7. The molecule has 94 valence electrons. The summed E-state index contributed by atoms with van der Waals surface area (Å²) < 4.78 is 12.7. The van der Waals surface area contributed by atoms with Crippen molar-refractivity contribution in [3.8, 4) is 0 Å². The van der Waals surface area contributed by atoms with Gasteiger partial charge < -0.3 is 14.0 Å². The van der Waals surface area contributed by atoms with Gasteiger partial charge in [-0.1, -0.05) is 6.07 Å². The van der Waals surface area contributed by atoms with Gasteiger partial charge in [-0.25, -0.2) is 0 Å². The Bertz CT molecular complexity index is 407. The second-order valence-electron chi connectivity index (χ2n) is 4.36. The molecule has 0 radical (unpaired) electrons. The SMILES string of the molecule is Cc1cccn(CCO[C@H]2CCCCO2)c1=O. The third-order valence-electron chi connectivity index (χ3n) is 2.98. The molecule has 1 atom stereocenters. The number of nitrogens with zero attached hydrogens (tertiary/aromatic N) is 1. The van der Waals surface area contributed by atoms with Crippen LogP contribution in [-0.4, -0.2) is 24.1 Å². The van der Waals surface area contributed by atoms with E-state index in [1.807, 2.05) is 19.1 Å². The Morgan fingerprint density at radius 3 is 3.18 bits per heavy atom. The van der Waals surface area contributed by atoms with Gasteiger partial charge in [0.15, 0.2) is 6.29 Å². The molecule has 4 nitrogen and oxygen atoms in total. The molecule has 2 rings (SSSR count). The van der Waals surface area contributed by atoms with Gasteiger partial charge in [0.2, 0.25) is 0 Å². The molecule has 0 N–H and O–H groups in total. The zero-order chi connectivity index (χ0) is 12.1. The first-order valence-electron chi connectivity index (χ1n) is 6.16. The molecule has 1 aromatic rings. The van der Waals surface area contributed by atoms with Crippen molar-refractivity contribution < 1.29 is 9.47 Å². The van der Waals surface area contributed by atoms with Crippen molar-refractivity contribution in [3.05, 3.63) is 34.2 Å². The molecule has 2 heterocycles. The van der Waals surface area contributed by atoms with Gasteiger partial charge in [-0.15, -0.1) is 0 Å². The second-order valence-corrected chi connectivity index (χ2v) is 4.36. The predicted molar refractivity (Wildman–Crippen MR) is 65.0 cm³/mol. The molecule has 1 saturated heterocycles. The molecule has 1 aliphatic rings. The minimum atomic E-state index is -0.0794. The summed E-state index contributed by atoms with van der Waals surface area (Å²) in [6, 6.07) is 3.71. The van der Waals surface area contributed by atoms with E-state index in [9.17, 15) is 4.79 Å². The van der Waals surface area contributed by atoms with E-state index in [0.29, 0.717) is 13.2 Å². The van der Waals surface area contributed by atoms with Crippen LogP contribution in [-0.2, 0) is 16.0 Å². The average Bonchev–Trinajstić information content (AvgIpc) is 2.36. The van der Waals surface area contributed by atoms with Crippen LogP contribution < -0.4 is 5.56 Å². The van der Waals surface area contributed by atoms with Gasteiger partial charge >= 0.3 is 0 Å². The Balaban J connectivity index is 1.81. The Kier molecular flexibility index (Phi) is 4.34. The zero-order valence-electron chi connectivity index (χ0n) is 10.2. The molecule has 0 spiro atoms. The van der Waals surface area contributed by atoms with Gasteiger partial charge in [0, 0.05) is 24.9 Å². The van der Waals surface area contributed by atoms with Crippen LogP contribution in [0.1, 0.15) is 24.8 Å². The maximum Gasteiger partial charge on any atom is 0.253 e. The highest BCUT2D eigenvalue weighted by Crippen LogP contribution is 2.13. The standard InChI is InChI=1S/C13H19NO3/c1-11-5-4-7-14(13(11)15)8-10-17-12-6-2-3-9-16-12/h4-5,7,12H,2-3,6,8-10H2,1H3/t12-/m0/s1. The Labute approximate surface area is 101 Å². The van der Waals surface area contributed by atoms with Crippen LogP contribution in [0.25, 0.3) is 0 Å². The first-order valence-corrected chi connectivity index (χ1v) is 6.16. The summed E-state index contributed by atoms with van der Waals surface area (Å²) in [5, 5.41) is 0. The Hall–Kier alpha value is -1.13. The van der Waals surface area contributed by atoms with Crippen molar-refractivity contribution in [3.63, 3.8) is 0 Å². The Morgan fingerprint density at radius 2 is 2.41 bits per heavy atom. The number of ether oxygens (including phenoxy) is 2. The molecular weight excluding hydrogens is 218 g/mol. The third-order valence-corrected chi connectivity index (χ3v) is 2.98. The molecule has 4 heteroatoms. The number of aryl methyl sites for hydroxylation is 1. The van der Waals surface area contributed by atoms with Gasteiger partial charge in [0.25, 0.3) is 5.56 Å². The summed E-state index contributed by atoms with van der Waals surface area (Å²) in [5.74, 6) is 0. The molecule has 1 fully saturated rings. The van der Waals surface area contributed by atoms with Crippen molar-refractivity contribution in [2.24, 2.45) is 0 Å². The Morgan fingerprint density at radius 1 is 1.53 bits per heavy atom. The summed E-state index contributed by atoms with van der Waals surface area (Å²) in [7, 11) is 0. The summed E-state index contributed by atoms with van der Waals surface area (Å²) in [5.41, 5.74) is 0.821. The van der Waals surface area contributed by atoms with Crippen LogP contribution >= 0.6 is 0 Å². The van der Waals surface area contributed by atoms with Crippen LogP contribution in [0.5, 0.6) is 0 Å². The molecule has 0 unspecified atom stereocenters. The van der Waals surface area contributed by atoms with Crippen LogP contribution in [0.4, 0.5) is 0 Å². The van der Waals surface area contributed by atoms with Crippen molar-refractivity contribution in [1.29, 1.82) is 0 Å². The molecule has 0 bridgehead atoms. The maximum absolute atomic E-state index is 11.7. The van der Waals surface area contributed by atoms with Crippen LogP contribution in [0.2, 0.25) is 0 Å². The molecular formula is C13H19NO3. The van der Waals surface area contributed by atoms with E-state index >= 15 is 0 Å². The van der Waals surface area contributed by atoms with Crippen molar-refractivity contribution >= 4 is 0 Å². The topological polar surface area (TPSA) is 40.5 Å². The largest absolute Gasteiger partial charge is 0.353 e. The second kappa shape index (κ2) is 5.98. The first kappa shape index (κ1) is 12.3. The molecule has 0 aromatic carbocycles. The van der Waals surface area contributed by atoms with E-state index < -0.39 is 0 Å². The lowest BCUT2D eigenvalue weighted by Crippen LogP contribution is -2.27. The lowest BCUT2D eigenvalue weighted by atomic mass is 10.2. The quantitative estimate of drug-likeness (QED) is 0.800. The molecule has 1 aliphatic heterocycles. The van der Waals surface area contributed by atoms with E-state index in [-0.39, 0.29) is 11.8 Å². The van der Waals surface area contributed by atoms with Gasteiger partial charge in [-0.2, -0.15) is 0 Å². The average molecular weight is 237 g/mol. The molecule has 17 heavy (non-hydrogen) atoms. The van der Waals surface area contributed by atoms with Crippen LogP contribution in [0, 0.1) is 6.92 Å². The number of rotatable bonds is 4. The smallest absolute Gasteiger partial charge is 0.253 e. The van der Waals surface area contributed by atoms with Crippen LogP contribution in [0.15, 0.2) is 23.1 Å². The normalized spacial score (nSPS) is 20.4. The minimum Gasteiger partial charge on any atom is -0.353 e. The minimum absolute atomic E-state index is 0.0562. The van der Waals surface area contributed by atoms with Crippen molar-refractivity contribution in [1.82, 2.24) is 4.57 Å². The molecule has 0 amide bonds. The van der Waals surface area contributed by atoms with E-state index in [1.165, 1.54) is 0 Å². The summed E-state index contributed by atoms with van der Waals surface area (Å²) in [4.78, 5) is 11.7. The number of hydrogen-bond acceptors (Lipinski definition) is 3. The number of pyridine rings is 1. The highest BCUT2D eigenvalue weighted by atomic mass is 16.7. The lowest BCUT2D eigenvalue weighted by Gasteiger charge is -2.22. The van der Waals surface area contributed by atoms with E-state index in [1.54, 1.807) is 10.8 Å². The summed E-state index contributed by atoms with van der Waals surface area (Å²) in [6.07, 6.45) is 4.96. The summed E-state index contributed by atoms with van der Waals surface area (Å²) in [6.45, 7) is 3.72. The number of aromatic nitrogens is 1. The van der Waals surface area contributed by atoms with E-state index in [0.717, 1.165) is 31.4 Å². The molecule has 0 aliphatic carbocycles. The van der Waals surface area contributed by atoms with Gasteiger partial charge in [0.05, 0.1) is 6.61 Å². The van der Waals surface area contributed by atoms with Gasteiger partial charge in [0.1, 0.15) is 0 Å². The van der Waals surface area contributed by atoms with Crippen molar-refractivity contribution in [2.45, 2.75) is 39.0 Å². The summed E-state index contributed by atoms with van der Waals surface area (Å²) >= 11 is 0. The fraction of sp³-hybridized carbons (Fsp3) is 0.615.